The molecule has 108 valence electrons. The largest absolute Gasteiger partial charge is 0.480 e. The smallest absolute Gasteiger partial charge is 0.320 e. The van der Waals surface area contributed by atoms with Crippen molar-refractivity contribution < 1.29 is 9.90 Å². The lowest BCUT2D eigenvalue weighted by atomic mass is 10.0. The molecule has 0 aliphatic rings. The van der Waals surface area contributed by atoms with Crippen molar-refractivity contribution in [2.24, 2.45) is 5.92 Å². The molecular formula is C14H18N2O2S2. The number of thiophene rings is 1. The van der Waals surface area contributed by atoms with E-state index in [1.165, 1.54) is 0 Å². The van der Waals surface area contributed by atoms with Crippen LogP contribution in [0, 0.1) is 5.92 Å². The zero-order valence-corrected chi connectivity index (χ0v) is 13.1. The highest BCUT2D eigenvalue weighted by Crippen LogP contribution is 2.28. The molecule has 20 heavy (non-hydrogen) atoms. The molecule has 1 atom stereocenters. The van der Waals surface area contributed by atoms with Crippen molar-refractivity contribution in [3.63, 3.8) is 0 Å². The van der Waals surface area contributed by atoms with Gasteiger partial charge in [-0.3, -0.25) is 10.1 Å². The van der Waals surface area contributed by atoms with Gasteiger partial charge in [-0.05, 0) is 23.8 Å². The molecule has 0 bridgehead atoms. The zero-order valence-electron chi connectivity index (χ0n) is 11.5. The highest BCUT2D eigenvalue weighted by molar-refractivity contribution is 7.20. The van der Waals surface area contributed by atoms with Crippen LogP contribution in [0.4, 0.5) is 0 Å². The summed E-state index contributed by atoms with van der Waals surface area (Å²) in [4.78, 5) is 17.8. The number of thiazole rings is 1. The fraction of sp³-hybridized carbons (Fsp3) is 0.429. The van der Waals surface area contributed by atoms with Crippen molar-refractivity contribution in [1.29, 1.82) is 0 Å². The summed E-state index contributed by atoms with van der Waals surface area (Å²) < 4.78 is 0. The third-order valence-corrected chi connectivity index (χ3v) is 4.85. The summed E-state index contributed by atoms with van der Waals surface area (Å²) in [7, 11) is 0. The van der Waals surface area contributed by atoms with Crippen LogP contribution >= 0.6 is 22.7 Å². The van der Waals surface area contributed by atoms with Gasteiger partial charge in [0, 0.05) is 17.6 Å². The normalized spacial score (nSPS) is 12.8. The van der Waals surface area contributed by atoms with E-state index in [4.69, 9.17) is 0 Å². The number of nitrogens with zero attached hydrogens (tertiary/aromatic N) is 1. The Morgan fingerprint density at radius 1 is 1.50 bits per heavy atom. The molecule has 2 heterocycles. The molecule has 0 unspecified atom stereocenters. The number of hydrogen-bond donors (Lipinski definition) is 2. The Bertz CT molecular complexity index is 549. The van der Waals surface area contributed by atoms with E-state index in [0.717, 1.165) is 14.8 Å². The van der Waals surface area contributed by atoms with Crippen LogP contribution in [0.3, 0.4) is 0 Å². The monoisotopic (exact) mass is 310 g/mol. The minimum atomic E-state index is -0.790. The minimum Gasteiger partial charge on any atom is -0.480 e. The highest BCUT2D eigenvalue weighted by atomic mass is 32.1. The van der Waals surface area contributed by atoms with Crippen molar-refractivity contribution in [2.45, 2.75) is 32.9 Å². The quantitative estimate of drug-likeness (QED) is 0.822. The fourth-order valence-corrected chi connectivity index (χ4v) is 3.54. The summed E-state index contributed by atoms with van der Waals surface area (Å²) in [5.41, 5.74) is 0. The molecule has 2 N–H and O–H groups in total. The molecule has 2 aromatic rings. The third-order valence-electron chi connectivity index (χ3n) is 2.81. The first kappa shape index (κ1) is 15.2. The van der Waals surface area contributed by atoms with Gasteiger partial charge >= 0.3 is 5.97 Å². The Hall–Kier alpha value is -1.24. The van der Waals surface area contributed by atoms with E-state index >= 15 is 0 Å². The summed E-state index contributed by atoms with van der Waals surface area (Å²) >= 11 is 3.27. The van der Waals surface area contributed by atoms with E-state index in [1.807, 2.05) is 37.6 Å². The van der Waals surface area contributed by atoms with Gasteiger partial charge in [0.2, 0.25) is 0 Å². The lowest BCUT2D eigenvalue weighted by Gasteiger charge is -2.15. The van der Waals surface area contributed by atoms with Gasteiger partial charge in [-0.15, -0.1) is 22.7 Å². The molecular weight excluding hydrogens is 292 g/mol. The number of carboxylic acids is 1. The summed E-state index contributed by atoms with van der Waals surface area (Å²) in [5, 5.41) is 15.3. The van der Waals surface area contributed by atoms with Crippen LogP contribution in [0.2, 0.25) is 0 Å². The number of aromatic nitrogens is 1. The predicted octanol–water partition coefficient (Wildman–Crippen LogP) is 3.46. The molecule has 0 aliphatic heterocycles. The molecule has 4 nitrogen and oxygen atoms in total. The Morgan fingerprint density at radius 3 is 2.90 bits per heavy atom. The number of aliphatic carboxylic acids is 1. The van der Waals surface area contributed by atoms with Crippen LogP contribution in [0.25, 0.3) is 9.88 Å². The average Bonchev–Trinajstić information content (AvgIpc) is 3.03. The van der Waals surface area contributed by atoms with E-state index in [9.17, 15) is 9.90 Å². The van der Waals surface area contributed by atoms with E-state index < -0.39 is 12.0 Å². The van der Waals surface area contributed by atoms with Crippen LogP contribution < -0.4 is 5.32 Å². The number of carboxylic acid groups (broad SMARTS) is 1. The second kappa shape index (κ2) is 6.97. The standard InChI is InChI=1S/C14H18N2O2S2/c1-9(2)6-11(14(17)18)15-7-10-8-16-13(20-10)12-4-3-5-19-12/h3-5,8-9,11,15H,6-7H2,1-2H3,(H,17,18)/t11-/m0/s1. The third kappa shape index (κ3) is 4.13. The predicted molar refractivity (Wildman–Crippen MR) is 83.1 cm³/mol. The summed E-state index contributed by atoms with van der Waals surface area (Å²) in [6.45, 7) is 4.60. The maximum atomic E-state index is 11.2. The lowest BCUT2D eigenvalue weighted by Crippen LogP contribution is -2.37. The van der Waals surface area contributed by atoms with Gasteiger partial charge in [-0.1, -0.05) is 19.9 Å². The zero-order chi connectivity index (χ0) is 14.5. The van der Waals surface area contributed by atoms with Crippen molar-refractivity contribution >= 4 is 28.6 Å². The summed E-state index contributed by atoms with van der Waals surface area (Å²) in [5.74, 6) is -0.437. The maximum Gasteiger partial charge on any atom is 0.320 e. The molecule has 0 aromatic carbocycles. The minimum absolute atomic E-state index is 0.353. The van der Waals surface area contributed by atoms with Crippen molar-refractivity contribution in [2.75, 3.05) is 0 Å². The highest BCUT2D eigenvalue weighted by Gasteiger charge is 2.18. The molecule has 2 rings (SSSR count). The van der Waals surface area contributed by atoms with Crippen molar-refractivity contribution in [1.82, 2.24) is 10.3 Å². The average molecular weight is 310 g/mol. The number of carbonyl (C=O) groups is 1. The molecule has 0 aliphatic carbocycles. The van der Waals surface area contributed by atoms with E-state index in [-0.39, 0.29) is 0 Å². The van der Waals surface area contributed by atoms with Gasteiger partial charge in [-0.2, -0.15) is 0 Å². The van der Waals surface area contributed by atoms with Crippen LogP contribution in [0.1, 0.15) is 25.1 Å². The Labute approximate surface area is 126 Å². The summed E-state index contributed by atoms with van der Waals surface area (Å²) in [6.07, 6.45) is 2.45. The second-order valence-corrected chi connectivity index (χ2v) is 7.07. The molecule has 6 heteroatoms. The van der Waals surface area contributed by atoms with Gasteiger partial charge in [0.1, 0.15) is 11.0 Å². The second-order valence-electron chi connectivity index (χ2n) is 5.01. The maximum absolute atomic E-state index is 11.2. The number of nitrogens with one attached hydrogen (secondary N) is 1. The summed E-state index contributed by atoms with van der Waals surface area (Å²) in [6, 6.07) is 3.55. The SMILES string of the molecule is CC(C)C[C@H](NCc1cnc(-c2cccs2)s1)C(=O)O. The molecule has 0 fully saturated rings. The van der Waals surface area contributed by atoms with Gasteiger partial charge < -0.3 is 5.11 Å². The molecule has 2 aromatic heterocycles. The van der Waals surface area contributed by atoms with E-state index in [2.05, 4.69) is 10.3 Å². The molecule has 0 saturated heterocycles. The first-order valence-corrected chi connectivity index (χ1v) is 8.20. The molecule has 0 saturated carbocycles. The van der Waals surface area contributed by atoms with Crippen molar-refractivity contribution in [3.8, 4) is 9.88 Å². The van der Waals surface area contributed by atoms with Crippen LogP contribution in [0.15, 0.2) is 23.7 Å². The van der Waals surface area contributed by atoms with Gasteiger partial charge in [0.15, 0.2) is 0 Å². The Morgan fingerprint density at radius 2 is 2.30 bits per heavy atom. The topological polar surface area (TPSA) is 62.2 Å². The lowest BCUT2D eigenvalue weighted by molar-refractivity contribution is -0.140. The van der Waals surface area contributed by atoms with Crippen molar-refractivity contribution in [3.05, 3.63) is 28.6 Å². The van der Waals surface area contributed by atoms with Crippen LogP contribution in [-0.4, -0.2) is 22.1 Å². The Balaban J connectivity index is 1.95. The van der Waals surface area contributed by atoms with Crippen LogP contribution in [0.5, 0.6) is 0 Å². The van der Waals surface area contributed by atoms with E-state index in [1.54, 1.807) is 22.7 Å². The number of rotatable bonds is 7. The van der Waals surface area contributed by atoms with Crippen LogP contribution in [-0.2, 0) is 11.3 Å². The molecule has 0 amide bonds. The van der Waals surface area contributed by atoms with E-state index in [0.29, 0.717) is 18.9 Å². The fourth-order valence-electron chi connectivity index (χ4n) is 1.87. The first-order valence-electron chi connectivity index (χ1n) is 6.51. The van der Waals surface area contributed by atoms with Gasteiger partial charge in [-0.25, -0.2) is 4.98 Å². The first-order chi connectivity index (χ1) is 9.56. The molecule has 0 spiro atoms. The Kier molecular flexibility index (Phi) is 5.28. The van der Waals surface area contributed by atoms with Gasteiger partial charge in [0.25, 0.3) is 0 Å². The number of hydrogen-bond acceptors (Lipinski definition) is 5. The van der Waals surface area contributed by atoms with Gasteiger partial charge in [0.05, 0.1) is 4.88 Å². The molecule has 0 radical (unpaired) electrons.